The van der Waals surface area contributed by atoms with Gasteiger partial charge in [0.15, 0.2) is 5.78 Å². The average Bonchev–Trinajstić information content (AvgIpc) is 3.05. The minimum absolute atomic E-state index is 0.000736. The highest BCUT2D eigenvalue weighted by atomic mass is 16.5. The Morgan fingerprint density at radius 3 is 2.92 bits per heavy atom. The second-order valence-corrected chi connectivity index (χ2v) is 6.49. The number of anilines is 1. The summed E-state index contributed by atoms with van der Waals surface area (Å²) in [6, 6.07) is 5.37. The van der Waals surface area contributed by atoms with Crippen LogP contribution in [0.2, 0.25) is 0 Å². The molecule has 130 valence electrons. The summed E-state index contributed by atoms with van der Waals surface area (Å²) in [5.74, 6) is 0.670. The second kappa shape index (κ2) is 7.21. The lowest BCUT2D eigenvalue weighted by molar-refractivity contribution is -0.120. The topological polar surface area (TPSA) is 67.9 Å². The number of fused-ring (bicyclic) bond motifs is 1. The van der Waals surface area contributed by atoms with E-state index in [0.29, 0.717) is 24.4 Å². The maximum atomic E-state index is 12.3. The van der Waals surface area contributed by atoms with Crippen molar-refractivity contribution in [1.29, 1.82) is 0 Å². The quantitative estimate of drug-likeness (QED) is 0.833. The minimum atomic E-state index is -0.0428. The van der Waals surface area contributed by atoms with E-state index in [1.165, 1.54) is 6.92 Å². The van der Waals surface area contributed by atoms with Crippen LogP contribution < -0.4 is 15.0 Å². The number of hydrogen-bond donors (Lipinski definition) is 1. The molecule has 0 radical (unpaired) electrons. The Balaban J connectivity index is 1.67. The molecule has 2 aliphatic heterocycles. The lowest BCUT2D eigenvalue weighted by atomic mass is 10.1. The van der Waals surface area contributed by atoms with Crippen LogP contribution in [0.15, 0.2) is 18.2 Å². The van der Waals surface area contributed by atoms with Crippen LogP contribution in [0.3, 0.4) is 0 Å². The maximum Gasteiger partial charge on any atom is 0.239 e. The van der Waals surface area contributed by atoms with Crippen LogP contribution >= 0.6 is 0 Å². The van der Waals surface area contributed by atoms with E-state index in [4.69, 9.17) is 9.47 Å². The van der Waals surface area contributed by atoms with Gasteiger partial charge in [-0.1, -0.05) is 0 Å². The molecule has 6 heteroatoms. The molecule has 2 unspecified atom stereocenters. The molecule has 24 heavy (non-hydrogen) atoms. The molecule has 2 aliphatic rings. The van der Waals surface area contributed by atoms with Gasteiger partial charge in [-0.3, -0.25) is 9.59 Å². The second-order valence-electron chi connectivity index (χ2n) is 6.49. The third kappa shape index (κ3) is 3.87. The molecular formula is C18H24N2O4. The Hall–Kier alpha value is -2.08. The van der Waals surface area contributed by atoms with Crippen molar-refractivity contribution in [3.8, 4) is 5.75 Å². The fourth-order valence-electron chi connectivity index (χ4n) is 3.16. The summed E-state index contributed by atoms with van der Waals surface area (Å²) in [5, 5.41) is 2.94. The lowest BCUT2D eigenvalue weighted by Gasteiger charge is -2.34. The molecule has 0 aliphatic carbocycles. The van der Waals surface area contributed by atoms with Crippen molar-refractivity contribution in [1.82, 2.24) is 5.32 Å². The number of amides is 1. The molecule has 0 spiro atoms. The van der Waals surface area contributed by atoms with Crippen LogP contribution in [0.25, 0.3) is 0 Å². The number of carbonyl (C=O) groups excluding carboxylic acids is 2. The fourth-order valence-corrected chi connectivity index (χ4v) is 3.16. The molecular weight excluding hydrogens is 308 g/mol. The van der Waals surface area contributed by atoms with Gasteiger partial charge in [0.05, 0.1) is 24.9 Å². The van der Waals surface area contributed by atoms with Gasteiger partial charge >= 0.3 is 0 Å². The van der Waals surface area contributed by atoms with Crippen molar-refractivity contribution in [3.63, 3.8) is 0 Å². The van der Waals surface area contributed by atoms with Gasteiger partial charge in [0, 0.05) is 18.7 Å². The van der Waals surface area contributed by atoms with Crippen LogP contribution in [-0.2, 0) is 9.53 Å². The summed E-state index contributed by atoms with van der Waals surface area (Å²) in [6.07, 6.45) is 2.18. The first-order valence-electron chi connectivity index (χ1n) is 8.48. The molecule has 1 saturated heterocycles. The molecule has 3 rings (SSSR count). The van der Waals surface area contributed by atoms with Crippen LogP contribution in [0, 0.1) is 0 Å². The summed E-state index contributed by atoms with van der Waals surface area (Å²) in [4.78, 5) is 25.9. The number of ether oxygens (including phenoxy) is 2. The largest absolute Gasteiger partial charge is 0.487 e. The van der Waals surface area contributed by atoms with Crippen molar-refractivity contribution < 1.29 is 19.1 Å². The van der Waals surface area contributed by atoms with Gasteiger partial charge < -0.3 is 19.7 Å². The first-order valence-corrected chi connectivity index (χ1v) is 8.48. The standard InChI is InChI=1S/C18H24N2O4/c1-12-10-20(11-18(22)19-9-15-4-3-7-23-15)16-8-14(13(2)21)5-6-17(16)24-12/h5-6,8,12,15H,3-4,7,9-11H2,1-2H3,(H,19,22). The number of benzene rings is 1. The third-order valence-electron chi connectivity index (χ3n) is 4.40. The van der Waals surface area contributed by atoms with E-state index in [-0.39, 0.29) is 30.4 Å². The normalized spacial score (nSPS) is 22.7. The molecule has 0 saturated carbocycles. The van der Waals surface area contributed by atoms with Crippen LogP contribution in [0.4, 0.5) is 5.69 Å². The van der Waals surface area contributed by atoms with Gasteiger partial charge in [-0.05, 0) is 44.9 Å². The Morgan fingerprint density at radius 1 is 1.38 bits per heavy atom. The van der Waals surface area contributed by atoms with Crippen LogP contribution in [0.5, 0.6) is 5.75 Å². The number of rotatable bonds is 5. The Bertz CT molecular complexity index is 625. The van der Waals surface area contributed by atoms with Gasteiger partial charge in [-0.2, -0.15) is 0 Å². The molecule has 1 amide bonds. The van der Waals surface area contributed by atoms with E-state index in [0.717, 1.165) is 25.1 Å². The number of nitrogens with one attached hydrogen (secondary N) is 1. The highest BCUT2D eigenvalue weighted by molar-refractivity contribution is 5.96. The monoisotopic (exact) mass is 332 g/mol. The van der Waals surface area contributed by atoms with E-state index in [1.54, 1.807) is 18.2 Å². The molecule has 0 aromatic heterocycles. The number of hydrogen-bond acceptors (Lipinski definition) is 5. The Kier molecular flexibility index (Phi) is 5.04. The number of Topliss-reactive ketones (excluding diaryl/α,β-unsaturated/α-hetero) is 1. The van der Waals surface area contributed by atoms with E-state index in [1.807, 2.05) is 11.8 Å². The number of nitrogens with zero attached hydrogens (tertiary/aromatic N) is 1. The van der Waals surface area contributed by atoms with E-state index in [2.05, 4.69) is 5.32 Å². The molecule has 1 fully saturated rings. The van der Waals surface area contributed by atoms with Crippen molar-refractivity contribution in [2.45, 2.75) is 38.9 Å². The molecule has 2 heterocycles. The molecule has 0 bridgehead atoms. The van der Waals surface area contributed by atoms with E-state index < -0.39 is 0 Å². The number of carbonyl (C=O) groups is 2. The maximum absolute atomic E-state index is 12.3. The van der Waals surface area contributed by atoms with Crippen molar-refractivity contribution in [2.24, 2.45) is 0 Å². The first-order chi connectivity index (χ1) is 11.5. The van der Waals surface area contributed by atoms with Crippen LogP contribution in [-0.4, -0.2) is 50.1 Å². The fraction of sp³-hybridized carbons (Fsp3) is 0.556. The first kappa shape index (κ1) is 16.8. The summed E-state index contributed by atoms with van der Waals surface area (Å²) < 4.78 is 11.3. The SMILES string of the molecule is CC(=O)c1ccc2c(c1)N(CC(=O)NCC1CCCO1)CC(C)O2. The smallest absolute Gasteiger partial charge is 0.239 e. The minimum Gasteiger partial charge on any atom is -0.487 e. The predicted molar refractivity (Wildman–Crippen MR) is 90.7 cm³/mol. The highest BCUT2D eigenvalue weighted by Crippen LogP contribution is 2.34. The third-order valence-corrected chi connectivity index (χ3v) is 4.40. The number of ketones is 1. The van der Waals surface area contributed by atoms with Crippen molar-refractivity contribution >= 4 is 17.4 Å². The van der Waals surface area contributed by atoms with Gasteiger partial charge in [0.1, 0.15) is 11.9 Å². The summed E-state index contributed by atoms with van der Waals surface area (Å²) in [6.45, 7) is 5.70. The zero-order chi connectivity index (χ0) is 17.1. The van der Waals surface area contributed by atoms with Crippen molar-refractivity contribution in [2.75, 3.05) is 31.1 Å². The molecule has 1 aromatic rings. The van der Waals surface area contributed by atoms with E-state index in [9.17, 15) is 9.59 Å². The zero-order valence-electron chi connectivity index (χ0n) is 14.2. The average molecular weight is 332 g/mol. The van der Waals surface area contributed by atoms with Gasteiger partial charge in [-0.15, -0.1) is 0 Å². The van der Waals surface area contributed by atoms with Gasteiger partial charge in [0.2, 0.25) is 5.91 Å². The summed E-state index contributed by atoms with van der Waals surface area (Å²) in [5.41, 5.74) is 1.42. The van der Waals surface area contributed by atoms with Crippen LogP contribution in [0.1, 0.15) is 37.0 Å². The Morgan fingerprint density at radius 2 is 2.21 bits per heavy atom. The summed E-state index contributed by atoms with van der Waals surface area (Å²) in [7, 11) is 0. The molecule has 1 aromatic carbocycles. The van der Waals surface area contributed by atoms with Crippen molar-refractivity contribution in [3.05, 3.63) is 23.8 Å². The molecule has 6 nitrogen and oxygen atoms in total. The summed E-state index contributed by atoms with van der Waals surface area (Å²) >= 11 is 0. The van der Waals surface area contributed by atoms with Gasteiger partial charge in [-0.25, -0.2) is 0 Å². The van der Waals surface area contributed by atoms with E-state index >= 15 is 0 Å². The predicted octanol–water partition coefficient (Wildman–Crippen LogP) is 1.77. The molecule has 2 atom stereocenters. The Labute approximate surface area is 142 Å². The lowest BCUT2D eigenvalue weighted by Crippen LogP contribution is -2.45. The highest BCUT2D eigenvalue weighted by Gasteiger charge is 2.26. The molecule has 1 N–H and O–H groups in total. The zero-order valence-corrected chi connectivity index (χ0v) is 14.2. The van der Waals surface area contributed by atoms with Gasteiger partial charge in [0.25, 0.3) is 0 Å².